The van der Waals surface area contributed by atoms with Crippen LogP contribution >= 0.6 is 0 Å². The zero-order chi connectivity index (χ0) is 25.9. The third kappa shape index (κ3) is 2.41. The molecule has 1 aromatic heterocycles. The highest BCUT2D eigenvalue weighted by atomic mass is 15.1. The summed E-state index contributed by atoms with van der Waals surface area (Å²) in [7, 11) is 0. The Kier molecular flexibility index (Phi) is 4.61. The number of hydrogen-bond donors (Lipinski definition) is 0. The molecule has 3 aromatic rings. The number of nitrogens with zero attached hydrogens (tertiary/aromatic N) is 1. The molecule has 0 saturated carbocycles. The van der Waals surface area contributed by atoms with E-state index in [2.05, 4.69) is 134 Å². The minimum absolute atomic E-state index is 0.0245. The maximum atomic E-state index is 2.65. The van der Waals surface area contributed by atoms with E-state index in [4.69, 9.17) is 0 Å². The molecule has 0 bridgehead atoms. The first kappa shape index (κ1) is 23.7. The third-order valence-corrected chi connectivity index (χ3v) is 11.7. The molecule has 1 nitrogen and oxygen atoms in total. The molecule has 0 amide bonds. The summed E-state index contributed by atoms with van der Waals surface area (Å²) >= 11 is 0. The molecule has 0 radical (unpaired) electrons. The Morgan fingerprint density at radius 2 is 1.33 bits per heavy atom. The van der Waals surface area contributed by atoms with Crippen LogP contribution in [0.2, 0.25) is 0 Å². The second kappa shape index (κ2) is 7.00. The van der Waals surface area contributed by atoms with Gasteiger partial charge in [0.15, 0.2) is 11.7 Å². The van der Waals surface area contributed by atoms with Gasteiger partial charge in [0.2, 0.25) is 5.69 Å². The zero-order valence-corrected chi connectivity index (χ0v) is 23.7. The van der Waals surface area contributed by atoms with Crippen molar-refractivity contribution in [2.45, 2.75) is 96.9 Å². The average Bonchev–Trinajstić information content (AvgIpc) is 2.94. The van der Waals surface area contributed by atoms with Gasteiger partial charge in [0.25, 0.3) is 0 Å². The first-order valence-corrected chi connectivity index (χ1v) is 13.9. The summed E-state index contributed by atoms with van der Waals surface area (Å²) in [5.74, 6) is 0. The summed E-state index contributed by atoms with van der Waals surface area (Å²) in [6.45, 7) is 21.9. The predicted molar refractivity (Wildman–Crippen MR) is 151 cm³/mol. The molecule has 2 atom stereocenters. The van der Waals surface area contributed by atoms with Gasteiger partial charge in [-0.3, -0.25) is 0 Å². The van der Waals surface area contributed by atoms with Crippen molar-refractivity contribution < 1.29 is 4.57 Å². The van der Waals surface area contributed by atoms with Gasteiger partial charge in [-0.1, -0.05) is 97.9 Å². The van der Waals surface area contributed by atoms with Crippen molar-refractivity contribution >= 4 is 0 Å². The molecule has 0 fully saturated rings. The number of fused-ring (bicyclic) bond motifs is 7. The summed E-state index contributed by atoms with van der Waals surface area (Å²) in [5, 5.41) is 0. The maximum absolute atomic E-state index is 2.65. The standard InChI is InChI=1S/C35H42N/c1-10-34-17-18-35(34,11-2)36-22-26(24-15-13-12-14-16-24)23(3)19-30(36)25-20-28-29(21-27(25)34)32(6,7)33(8,9)31(28,4)5/h12-22H,10-11H2,1-9H3/q+1. The second-order valence-electron chi connectivity index (χ2n) is 13.2. The molecule has 0 saturated heterocycles. The molecule has 6 rings (SSSR count). The van der Waals surface area contributed by atoms with Crippen LogP contribution in [-0.4, -0.2) is 0 Å². The number of allylic oxidation sites excluding steroid dienone is 2. The lowest BCUT2D eigenvalue weighted by atomic mass is 9.52. The normalized spacial score (nSPS) is 27.5. The molecule has 36 heavy (non-hydrogen) atoms. The van der Waals surface area contributed by atoms with Crippen LogP contribution in [0.15, 0.2) is 66.9 Å². The van der Waals surface area contributed by atoms with Crippen molar-refractivity contribution in [2.24, 2.45) is 5.41 Å². The van der Waals surface area contributed by atoms with Crippen LogP contribution in [-0.2, 0) is 21.8 Å². The number of rotatable bonds is 3. The van der Waals surface area contributed by atoms with E-state index < -0.39 is 0 Å². The van der Waals surface area contributed by atoms with Gasteiger partial charge in [-0.2, -0.15) is 4.57 Å². The van der Waals surface area contributed by atoms with Crippen LogP contribution in [0.3, 0.4) is 0 Å². The summed E-state index contributed by atoms with van der Waals surface area (Å²) in [6, 6.07) is 18.6. The lowest BCUT2D eigenvalue weighted by Gasteiger charge is -2.53. The van der Waals surface area contributed by atoms with Gasteiger partial charge in [0, 0.05) is 18.1 Å². The van der Waals surface area contributed by atoms with Crippen molar-refractivity contribution in [3.8, 4) is 22.4 Å². The summed E-state index contributed by atoms with van der Waals surface area (Å²) in [4.78, 5) is 0. The Morgan fingerprint density at radius 3 is 1.89 bits per heavy atom. The topological polar surface area (TPSA) is 3.88 Å². The number of benzene rings is 2. The zero-order valence-electron chi connectivity index (χ0n) is 23.7. The lowest BCUT2D eigenvalue weighted by Crippen LogP contribution is -2.72. The molecule has 0 spiro atoms. The van der Waals surface area contributed by atoms with E-state index in [1.165, 1.54) is 33.5 Å². The van der Waals surface area contributed by atoms with Gasteiger partial charge < -0.3 is 0 Å². The fourth-order valence-electron chi connectivity index (χ4n) is 8.09. The van der Waals surface area contributed by atoms with E-state index in [0.29, 0.717) is 0 Å². The molecule has 2 unspecified atom stereocenters. The van der Waals surface area contributed by atoms with Gasteiger partial charge in [-0.25, -0.2) is 0 Å². The monoisotopic (exact) mass is 476 g/mol. The van der Waals surface area contributed by atoms with Gasteiger partial charge in [0.05, 0.1) is 11.0 Å². The van der Waals surface area contributed by atoms with E-state index in [1.54, 1.807) is 11.1 Å². The van der Waals surface area contributed by atoms with Crippen LogP contribution < -0.4 is 4.57 Å². The molecule has 1 aliphatic heterocycles. The molecule has 186 valence electrons. The first-order chi connectivity index (χ1) is 16.9. The highest BCUT2D eigenvalue weighted by molar-refractivity contribution is 5.75. The molecule has 2 heterocycles. The van der Waals surface area contributed by atoms with Crippen LogP contribution in [0.1, 0.15) is 90.5 Å². The Labute approximate surface area is 218 Å². The largest absolute Gasteiger partial charge is 0.213 e. The lowest BCUT2D eigenvalue weighted by molar-refractivity contribution is -0.758. The Hall–Kier alpha value is -2.67. The molecular weight excluding hydrogens is 434 g/mol. The number of hydrogen-bond acceptors (Lipinski definition) is 0. The van der Waals surface area contributed by atoms with Crippen LogP contribution in [0.25, 0.3) is 22.4 Å². The maximum Gasteiger partial charge on any atom is 0.213 e. The van der Waals surface area contributed by atoms with Crippen molar-refractivity contribution in [1.82, 2.24) is 0 Å². The number of pyridine rings is 1. The van der Waals surface area contributed by atoms with Gasteiger partial charge in [-0.05, 0) is 69.5 Å². The van der Waals surface area contributed by atoms with E-state index in [9.17, 15) is 0 Å². The van der Waals surface area contributed by atoms with Crippen LogP contribution in [0.4, 0.5) is 0 Å². The van der Waals surface area contributed by atoms with Crippen LogP contribution in [0.5, 0.6) is 0 Å². The summed E-state index contributed by atoms with van der Waals surface area (Å²) < 4.78 is 2.65. The highest BCUT2D eigenvalue weighted by Gasteiger charge is 2.66. The molecule has 3 aliphatic rings. The summed E-state index contributed by atoms with van der Waals surface area (Å²) in [6.07, 6.45) is 9.68. The molecule has 2 aliphatic carbocycles. The predicted octanol–water partition coefficient (Wildman–Crippen LogP) is 8.55. The van der Waals surface area contributed by atoms with Gasteiger partial charge >= 0.3 is 0 Å². The van der Waals surface area contributed by atoms with Crippen molar-refractivity contribution in [3.05, 3.63) is 89.1 Å². The second-order valence-corrected chi connectivity index (χ2v) is 13.2. The van der Waals surface area contributed by atoms with E-state index in [-0.39, 0.29) is 27.2 Å². The van der Waals surface area contributed by atoms with E-state index in [1.807, 2.05) is 0 Å². The Balaban J connectivity index is 1.72. The van der Waals surface area contributed by atoms with Crippen molar-refractivity contribution in [2.75, 3.05) is 0 Å². The molecule has 1 heteroatoms. The van der Waals surface area contributed by atoms with Gasteiger partial charge in [-0.15, -0.1) is 0 Å². The third-order valence-electron chi connectivity index (χ3n) is 11.7. The van der Waals surface area contributed by atoms with Crippen molar-refractivity contribution in [1.29, 1.82) is 0 Å². The number of aromatic nitrogens is 1. The highest BCUT2D eigenvalue weighted by Crippen LogP contribution is 2.65. The molecular formula is C35H42N+. The smallest absolute Gasteiger partial charge is 0.187 e. The van der Waals surface area contributed by atoms with E-state index in [0.717, 1.165) is 12.8 Å². The summed E-state index contributed by atoms with van der Waals surface area (Å²) in [5.41, 5.74) is 11.8. The van der Waals surface area contributed by atoms with Gasteiger partial charge in [0.1, 0.15) is 0 Å². The fraction of sp³-hybridized carbons (Fsp3) is 0.457. The van der Waals surface area contributed by atoms with E-state index >= 15 is 0 Å². The molecule has 2 aromatic carbocycles. The minimum Gasteiger partial charge on any atom is -0.187 e. The SMILES string of the molecule is CCC12C=CC1(CC)[n+]1cc(-c3ccccc3)c(C)cc1-c1cc3c(cc12)C(C)(C)C(C)(C)C3(C)C. The Morgan fingerprint density at radius 1 is 0.694 bits per heavy atom. The number of aryl methyl sites for hydroxylation is 1. The average molecular weight is 477 g/mol. The quantitative estimate of drug-likeness (QED) is 0.263. The van der Waals surface area contributed by atoms with Crippen LogP contribution in [0, 0.1) is 12.3 Å². The fourth-order valence-corrected chi connectivity index (χ4v) is 8.09. The molecule has 0 N–H and O–H groups in total. The first-order valence-electron chi connectivity index (χ1n) is 13.9. The minimum atomic E-state index is -0.0245. The van der Waals surface area contributed by atoms with Crippen molar-refractivity contribution in [3.63, 3.8) is 0 Å². The Bertz CT molecular complexity index is 1440.